The van der Waals surface area contributed by atoms with Crippen LogP contribution < -0.4 is 0 Å². The van der Waals surface area contributed by atoms with Gasteiger partial charge in [-0.05, 0) is 18.8 Å². The maximum absolute atomic E-state index is 8.80. The van der Waals surface area contributed by atoms with Crippen molar-refractivity contribution >= 4 is 11.3 Å². The minimum atomic E-state index is 0.213. The molecule has 2 unspecified atom stereocenters. The zero-order valence-electron chi connectivity index (χ0n) is 8.57. The first-order chi connectivity index (χ1) is 6.79. The average molecular weight is 211 g/mol. The fourth-order valence-electron chi connectivity index (χ4n) is 2.17. The Morgan fingerprint density at radius 1 is 1.57 bits per heavy atom. The Morgan fingerprint density at radius 3 is 3.07 bits per heavy atom. The second-order valence-electron chi connectivity index (χ2n) is 4.27. The van der Waals surface area contributed by atoms with Crippen LogP contribution in [0.4, 0.5) is 0 Å². The first-order valence-corrected chi connectivity index (χ1v) is 6.22. The third-order valence-electron chi connectivity index (χ3n) is 2.98. The van der Waals surface area contributed by atoms with Crippen LogP contribution in [0.1, 0.15) is 42.8 Å². The lowest BCUT2D eigenvalue weighted by molar-refractivity contribution is 0.298. The van der Waals surface area contributed by atoms with Gasteiger partial charge in [0.25, 0.3) is 0 Å². The molecule has 2 atom stereocenters. The second-order valence-corrected chi connectivity index (χ2v) is 5.16. The van der Waals surface area contributed by atoms with Gasteiger partial charge in [0.05, 0.1) is 10.7 Å². The van der Waals surface area contributed by atoms with Gasteiger partial charge in [0, 0.05) is 24.3 Å². The van der Waals surface area contributed by atoms with E-state index >= 15 is 0 Å². The van der Waals surface area contributed by atoms with Crippen LogP contribution in [0.15, 0.2) is 5.38 Å². The molecular formula is C11H17NOS. The number of hydrogen-bond acceptors (Lipinski definition) is 3. The molecule has 0 radical (unpaired) electrons. The first kappa shape index (κ1) is 10.1. The highest BCUT2D eigenvalue weighted by Crippen LogP contribution is 2.38. The number of aliphatic hydroxyl groups is 1. The predicted octanol–water partition coefficient (Wildman–Crippen LogP) is 2.58. The van der Waals surface area contributed by atoms with E-state index in [1.54, 1.807) is 11.3 Å². The highest BCUT2D eigenvalue weighted by molar-refractivity contribution is 7.09. The Labute approximate surface area is 89.0 Å². The molecule has 0 amide bonds. The largest absolute Gasteiger partial charge is 0.396 e. The van der Waals surface area contributed by atoms with Gasteiger partial charge in [0.2, 0.25) is 0 Å². The predicted molar refractivity (Wildman–Crippen MR) is 58.7 cm³/mol. The molecule has 0 aromatic carbocycles. The summed E-state index contributed by atoms with van der Waals surface area (Å²) in [6.07, 6.45) is 4.65. The molecule has 1 saturated carbocycles. The zero-order valence-corrected chi connectivity index (χ0v) is 9.39. The third kappa shape index (κ3) is 2.15. The van der Waals surface area contributed by atoms with E-state index < -0.39 is 0 Å². The fourth-order valence-corrected chi connectivity index (χ4v) is 3.17. The first-order valence-electron chi connectivity index (χ1n) is 5.34. The molecule has 2 rings (SSSR count). The summed E-state index contributed by atoms with van der Waals surface area (Å²) >= 11 is 1.77. The number of aromatic nitrogens is 1. The monoisotopic (exact) mass is 211 g/mol. The van der Waals surface area contributed by atoms with E-state index in [1.165, 1.54) is 24.3 Å². The van der Waals surface area contributed by atoms with Crippen molar-refractivity contribution in [3.8, 4) is 0 Å². The molecule has 14 heavy (non-hydrogen) atoms. The lowest BCUT2D eigenvalue weighted by atomic mass is 10.1. The molecule has 1 N–H and O–H groups in total. The topological polar surface area (TPSA) is 33.1 Å². The maximum Gasteiger partial charge on any atom is 0.0959 e. The Kier molecular flexibility index (Phi) is 3.19. The number of hydrogen-bond donors (Lipinski definition) is 1. The van der Waals surface area contributed by atoms with Crippen molar-refractivity contribution in [1.82, 2.24) is 4.98 Å². The van der Waals surface area contributed by atoms with Crippen molar-refractivity contribution in [3.05, 3.63) is 16.1 Å². The van der Waals surface area contributed by atoms with E-state index in [9.17, 15) is 0 Å². The summed E-state index contributed by atoms with van der Waals surface area (Å²) in [5, 5.41) is 12.2. The van der Waals surface area contributed by atoms with Crippen molar-refractivity contribution < 1.29 is 5.11 Å². The molecule has 1 heterocycles. The fraction of sp³-hybridized carbons (Fsp3) is 0.727. The summed E-state index contributed by atoms with van der Waals surface area (Å²) in [5.41, 5.74) is 1.06. The number of nitrogens with zero attached hydrogens (tertiary/aromatic N) is 1. The minimum absolute atomic E-state index is 0.213. The van der Waals surface area contributed by atoms with E-state index in [4.69, 9.17) is 5.11 Å². The normalized spacial score (nSPS) is 27.0. The molecule has 0 aliphatic heterocycles. The van der Waals surface area contributed by atoms with Crippen molar-refractivity contribution in [2.24, 2.45) is 5.92 Å². The molecule has 1 aliphatic carbocycles. The summed E-state index contributed by atoms with van der Waals surface area (Å²) in [7, 11) is 0. The third-order valence-corrected chi connectivity index (χ3v) is 4.04. The van der Waals surface area contributed by atoms with E-state index in [0.29, 0.717) is 12.3 Å². The van der Waals surface area contributed by atoms with Crippen LogP contribution in [0.2, 0.25) is 0 Å². The van der Waals surface area contributed by atoms with Crippen LogP contribution >= 0.6 is 11.3 Å². The van der Waals surface area contributed by atoms with E-state index in [-0.39, 0.29) is 6.61 Å². The van der Waals surface area contributed by atoms with Crippen molar-refractivity contribution in [1.29, 1.82) is 0 Å². The number of aliphatic hydroxyl groups excluding tert-OH is 1. The molecule has 0 bridgehead atoms. The number of thiazole rings is 1. The lowest BCUT2D eigenvalue weighted by Crippen LogP contribution is -1.95. The minimum Gasteiger partial charge on any atom is -0.396 e. The van der Waals surface area contributed by atoms with Crippen LogP contribution in [0.3, 0.4) is 0 Å². The van der Waals surface area contributed by atoms with Gasteiger partial charge in [0.1, 0.15) is 0 Å². The zero-order chi connectivity index (χ0) is 9.97. The van der Waals surface area contributed by atoms with Crippen molar-refractivity contribution in [2.45, 2.75) is 38.5 Å². The summed E-state index contributed by atoms with van der Waals surface area (Å²) in [5.74, 6) is 1.56. The maximum atomic E-state index is 8.80. The van der Waals surface area contributed by atoms with Gasteiger partial charge in [-0.1, -0.05) is 13.3 Å². The van der Waals surface area contributed by atoms with Gasteiger partial charge >= 0.3 is 0 Å². The van der Waals surface area contributed by atoms with Crippen LogP contribution in [0, 0.1) is 5.92 Å². The lowest BCUT2D eigenvalue weighted by Gasteiger charge is -2.03. The van der Waals surface area contributed by atoms with Crippen LogP contribution in [0.5, 0.6) is 0 Å². The van der Waals surface area contributed by atoms with Gasteiger partial charge in [-0.15, -0.1) is 11.3 Å². The molecule has 3 heteroatoms. The van der Waals surface area contributed by atoms with E-state index in [2.05, 4.69) is 17.3 Å². The molecule has 2 nitrogen and oxygen atoms in total. The molecule has 0 saturated heterocycles. The Bertz CT molecular complexity index is 297. The van der Waals surface area contributed by atoms with Crippen LogP contribution in [-0.2, 0) is 6.42 Å². The van der Waals surface area contributed by atoms with Gasteiger partial charge in [-0.3, -0.25) is 0 Å². The molecular weight excluding hydrogens is 194 g/mol. The SMILES string of the molecule is CC1CCC(c2nc(CCO)cs2)C1. The smallest absolute Gasteiger partial charge is 0.0959 e. The second kappa shape index (κ2) is 4.41. The highest BCUT2D eigenvalue weighted by atomic mass is 32.1. The van der Waals surface area contributed by atoms with Crippen molar-refractivity contribution in [2.75, 3.05) is 6.61 Å². The van der Waals surface area contributed by atoms with Crippen LogP contribution in [0.25, 0.3) is 0 Å². The Morgan fingerprint density at radius 2 is 2.43 bits per heavy atom. The molecule has 0 spiro atoms. The Balaban J connectivity index is 2.02. The summed E-state index contributed by atoms with van der Waals surface area (Å²) in [6, 6.07) is 0. The van der Waals surface area contributed by atoms with E-state index in [0.717, 1.165) is 11.6 Å². The molecule has 1 fully saturated rings. The van der Waals surface area contributed by atoms with Crippen molar-refractivity contribution in [3.63, 3.8) is 0 Å². The molecule has 78 valence electrons. The van der Waals surface area contributed by atoms with Gasteiger partial charge in [-0.2, -0.15) is 0 Å². The highest BCUT2D eigenvalue weighted by Gasteiger charge is 2.24. The quantitative estimate of drug-likeness (QED) is 0.833. The van der Waals surface area contributed by atoms with Crippen LogP contribution in [-0.4, -0.2) is 16.7 Å². The average Bonchev–Trinajstić information content (AvgIpc) is 2.74. The molecule has 1 aromatic heterocycles. The number of rotatable bonds is 3. The molecule has 1 aromatic rings. The summed E-state index contributed by atoms with van der Waals surface area (Å²) in [4.78, 5) is 4.57. The van der Waals surface area contributed by atoms with Gasteiger partial charge in [0.15, 0.2) is 0 Å². The summed E-state index contributed by atoms with van der Waals surface area (Å²) in [6.45, 7) is 2.53. The van der Waals surface area contributed by atoms with Gasteiger partial charge < -0.3 is 5.11 Å². The summed E-state index contributed by atoms with van der Waals surface area (Å²) < 4.78 is 0. The Hall–Kier alpha value is -0.410. The van der Waals surface area contributed by atoms with E-state index in [1.807, 2.05) is 0 Å². The van der Waals surface area contributed by atoms with Gasteiger partial charge in [-0.25, -0.2) is 4.98 Å². The molecule has 1 aliphatic rings. The standard InChI is InChI=1S/C11H17NOS/c1-8-2-3-9(6-8)11-12-10(4-5-13)7-14-11/h7-9,13H,2-6H2,1H3.